The number of hydrogen-bond acceptors (Lipinski definition) is 5. The van der Waals surface area contributed by atoms with Crippen LogP contribution in [-0.2, 0) is 32.1 Å². The molecule has 1 aliphatic rings. The quantitative estimate of drug-likeness (QED) is 0.108. The lowest BCUT2D eigenvalue weighted by Gasteiger charge is -2.28. The highest BCUT2D eigenvalue weighted by Crippen LogP contribution is 2.39. The molecule has 1 aromatic heterocycles. The Balaban J connectivity index is 1.27. The lowest BCUT2D eigenvalue weighted by molar-refractivity contribution is 0.0696. The van der Waals surface area contributed by atoms with Crippen molar-refractivity contribution in [3.05, 3.63) is 117 Å². The summed E-state index contributed by atoms with van der Waals surface area (Å²) in [5, 5.41) is 25.9. The zero-order chi connectivity index (χ0) is 34.2. The van der Waals surface area contributed by atoms with E-state index in [4.69, 9.17) is 5.11 Å². The summed E-state index contributed by atoms with van der Waals surface area (Å²) < 4.78 is 0. The number of fused-ring (bicyclic) bond motifs is 1. The Hall–Kier alpha value is -4.27. The molecular formula is C40H46N2O5S. The van der Waals surface area contributed by atoms with Crippen molar-refractivity contribution in [2.75, 3.05) is 17.2 Å². The zero-order valence-electron chi connectivity index (χ0n) is 28.1. The van der Waals surface area contributed by atoms with E-state index in [-0.39, 0.29) is 29.9 Å². The van der Waals surface area contributed by atoms with Gasteiger partial charge in [0.25, 0.3) is 11.8 Å². The average Bonchev–Trinajstić information content (AvgIpc) is 3.45. The van der Waals surface area contributed by atoms with Crippen molar-refractivity contribution in [3.8, 4) is 0 Å². The van der Waals surface area contributed by atoms with Gasteiger partial charge in [-0.05, 0) is 121 Å². The number of nitrogens with one attached hydrogen (secondary N) is 2. The number of aryl methyl sites for hydroxylation is 3. The number of aliphatic hydroxyl groups is 1. The molecule has 0 aliphatic heterocycles. The highest BCUT2D eigenvalue weighted by atomic mass is 32.1. The molecule has 3 aromatic carbocycles. The van der Waals surface area contributed by atoms with Crippen LogP contribution in [0.2, 0.25) is 0 Å². The molecule has 2 unspecified atom stereocenters. The van der Waals surface area contributed by atoms with Gasteiger partial charge in [-0.25, -0.2) is 4.79 Å². The number of hydrogen-bond donors (Lipinski definition) is 4. The van der Waals surface area contributed by atoms with E-state index in [1.165, 1.54) is 11.3 Å². The molecule has 4 aromatic rings. The Kier molecular flexibility index (Phi) is 11.8. The number of carbonyl (C=O) groups excluding carboxylic acids is 2. The topological polar surface area (TPSA) is 116 Å². The third-order valence-corrected chi connectivity index (χ3v) is 10.8. The lowest BCUT2D eigenvalue weighted by Crippen LogP contribution is -2.25. The average molecular weight is 667 g/mol. The molecule has 0 bridgehead atoms. The first-order valence-electron chi connectivity index (χ1n) is 17.0. The number of carbonyl (C=O) groups is 3. The van der Waals surface area contributed by atoms with Crippen molar-refractivity contribution < 1.29 is 24.6 Å². The number of carboxylic acids is 1. The fourth-order valence-electron chi connectivity index (χ4n) is 6.77. The first-order chi connectivity index (χ1) is 23.2. The van der Waals surface area contributed by atoms with Gasteiger partial charge in [0.2, 0.25) is 0 Å². The Morgan fingerprint density at radius 2 is 1.48 bits per heavy atom. The predicted octanol–water partition coefficient (Wildman–Crippen LogP) is 8.45. The van der Waals surface area contributed by atoms with E-state index in [0.29, 0.717) is 33.7 Å². The Bertz CT molecular complexity index is 1730. The summed E-state index contributed by atoms with van der Waals surface area (Å²) in [6, 6.07) is 22.4. The summed E-state index contributed by atoms with van der Waals surface area (Å²) in [6.07, 6.45) is 7.10. The van der Waals surface area contributed by atoms with Crippen LogP contribution >= 0.6 is 11.3 Å². The molecule has 8 heteroatoms. The molecule has 0 saturated carbocycles. The van der Waals surface area contributed by atoms with E-state index in [1.807, 2.05) is 60.7 Å². The molecule has 4 N–H and O–H groups in total. The second-order valence-electron chi connectivity index (χ2n) is 13.2. The highest BCUT2D eigenvalue weighted by molar-refractivity contribution is 7.17. The van der Waals surface area contributed by atoms with Crippen LogP contribution in [0.5, 0.6) is 0 Å². The van der Waals surface area contributed by atoms with E-state index in [0.717, 1.165) is 78.5 Å². The lowest BCUT2D eigenvalue weighted by atomic mass is 9.79. The number of rotatable bonds is 14. The fourth-order valence-corrected chi connectivity index (χ4v) is 8.05. The first kappa shape index (κ1) is 35.0. The maximum atomic E-state index is 13.8. The van der Waals surface area contributed by atoms with Gasteiger partial charge < -0.3 is 20.8 Å². The van der Waals surface area contributed by atoms with Crippen LogP contribution in [-0.4, -0.2) is 34.6 Å². The van der Waals surface area contributed by atoms with Gasteiger partial charge >= 0.3 is 5.97 Å². The summed E-state index contributed by atoms with van der Waals surface area (Å²) in [7, 11) is 0. The van der Waals surface area contributed by atoms with Gasteiger partial charge in [-0.2, -0.15) is 0 Å². The summed E-state index contributed by atoms with van der Waals surface area (Å²) >= 11 is 1.51. The molecule has 0 saturated heterocycles. The molecule has 2 atom stereocenters. The largest absolute Gasteiger partial charge is 0.478 e. The summed E-state index contributed by atoms with van der Waals surface area (Å²) in [5.41, 5.74) is 6.35. The summed E-state index contributed by atoms with van der Waals surface area (Å²) in [6.45, 7) is 6.59. The van der Waals surface area contributed by atoms with Crippen molar-refractivity contribution in [1.82, 2.24) is 0 Å². The maximum absolute atomic E-state index is 13.8. The minimum atomic E-state index is -0.933. The van der Waals surface area contributed by atoms with Crippen LogP contribution in [0.15, 0.2) is 72.8 Å². The Labute approximate surface area is 287 Å². The minimum Gasteiger partial charge on any atom is -0.478 e. The van der Waals surface area contributed by atoms with Crippen molar-refractivity contribution >= 4 is 39.8 Å². The first-order valence-corrected chi connectivity index (χ1v) is 17.9. The monoisotopic (exact) mass is 666 g/mol. The van der Waals surface area contributed by atoms with Gasteiger partial charge in [0.05, 0.1) is 11.1 Å². The highest BCUT2D eigenvalue weighted by Gasteiger charge is 2.27. The summed E-state index contributed by atoms with van der Waals surface area (Å²) in [5.74, 6) is -0.499. The van der Waals surface area contributed by atoms with Crippen LogP contribution in [0.25, 0.3) is 0 Å². The molecule has 0 spiro atoms. The van der Waals surface area contributed by atoms with Gasteiger partial charge in [0, 0.05) is 22.7 Å². The van der Waals surface area contributed by atoms with E-state index in [2.05, 4.69) is 31.4 Å². The third kappa shape index (κ3) is 8.60. The van der Waals surface area contributed by atoms with Gasteiger partial charge in [-0.1, -0.05) is 63.6 Å². The number of aliphatic hydroxyl groups excluding tert-OH is 1. The molecule has 2 amide bonds. The molecule has 48 heavy (non-hydrogen) atoms. The van der Waals surface area contributed by atoms with Gasteiger partial charge in [-0.3, -0.25) is 9.59 Å². The van der Waals surface area contributed by atoms with Crippen molar-refractivity contribution in [1.29, 1.82) is 0 Å². The molecule has 1 aliphatic carbocycles. The number of benzene rings is 3. The van der Waals surface area contributed by atoms with Crippen LogP contribution in [0, 0.1) is 17.8 Å². The molecule has 252 valence electrons. The minimum absolute atomic E-state index is 0.154. The van der Waals surface area contributed by atoms with Crippen molar-refractivity contribution in [2.45, 2.75) is 72.1 Å². The standard InChI is InChI=1S/C40H46N2O5S/c1-4-29(34(24-43)25(2)3)22-28-8-7-9-31(23-28)37(44)42-39-36(33-10-5-6-11-35(33)48-39)38(45)41-32-20-16-27(17-21-32)13-12-26-14-18-30(19-15-26)40(46)47/h7-9,14-21,23,25,29,34,43H,4-6,10-13,22,24H2,1-3H3,(H,41,45)(H,42,44)(H,46,47). The molecule has 1 heterocycles. The second-order valence-corrected chi connectivity index (χ2v) is 14.3. The smallest absolute Gasteiger partial charge is 0.335 e. The van der Waals surface area contributed by atoms with Gasteiger partial charge in [0.1, 0.15) is 5.00 Å². The van der Waals surface area contributed by atoms with E-state index in [9.17, 15) is 19.5 Å². The zero-order valence-corrected chi connectivity index (χ0v) is 28.9. The SMILES string of the molecule is CCC(Cc1cccc(C(=O)Nc2sc3c(c2C(=O)Nc2ccc(CCc4ccc(C(=O)O)cc4)cc2)CCCC3)c1)C(CO)C(C)C. The molecule has 0 radical (unpaired) electrons. The van der Waals surface area contributed by atoms with E-state index >= 15 is 0 Å². The fraction of sp³-hybridized carbons (Fsp3) is 0.375. The number of anilines is 2. The van der Waals surface area contributed by atoms with E-state index in [1.54, 1.807) is 12.1 Å². The Morgan fingerprint density at radius 3 is 2.10 bits per heavy atom. The maximum Gasteiger partial charge on any atom is 0.335 e. The van der Waals surface area contributed by atoms with Crippen molar-refractivity contribution in [2.24, 2.45) is 17.8 Å². The molecule has 5 rings (SSSR count). The molecule has 7 nitrogen and oxygen atoms in total. The van der Waals surface area contributed by atoms with Crippen LogP contribution < -0.4 is 10.6 Å². The number of aromatic carboxylic acids is 1. The Morgan fingerprint density at radius 1 is 0.812 bits per heavy atom. The summed E-state index contributed by atoms with van der Waals surface area (Å²) in [4.78, 5) is 39.7. The number of carboxylic acid groups (broad SMARTS) is 1. The van der Waals surface area contributed by atoms with Gasteiger partial charge in [0.15, 0.2) is 0 Å². The van der Waals surface area contributed by atoms with Gasteiger partial charge in [-0.15, -0.1) is 11.3 Å². The van der Waals surface area contributed by atoms with Crippen LogP contribution in [0.4, 0.5) is 10.7 Å². The predicted molar refractivity (Wildman–Crippen MR) is 193 cm³/mol. The molecular weight excluding hydrogens is 621 g/mol. The van der Waals surface area contributed by atoms with Crippen molar-refractivity contribution in [3.63, 3.8) is 0 Å². The number of amides is 2. The normalized spacial score (nSPS) is 13.9. The van der Waals surface area contributed by atoms with E-state index < -0.39 is 5.97 Å². The number of thiophene rings is 1. The van der Waals surface area contributed by atoms with Crippen LogP contribution in [0.3, 0.4) is 0 Å². The van der Waals surface area contributed by atoms with Crippen LogP contribution in [0.1, 0.15) is 98.2 Å². The third-order valence-electron chi connectivity index (χ3n) is 9.62. The molecule has 0 fully saturated rings. The second kappa shape index (κ2) is 16.2.